The predicted octanol–water partition coefficient (Wildman–Crippen LogP) is 2.31. The topological polar surface area (TPSA) is 55.4 Å². The second-order valence-corrected chi connectivity index (χ2v) is 7.04. The second-order valence-electron chi connectivity index (χ2n) is 4.78. The fourth-order valence-electron chi connectivity index (χ4n) is 2.03. The van der Waals surface area contributed by atoms with Crippen LogP contribution in [0.3, 0.4) is 0 Å². The Balaban J connectivity index is 3.03. The first-order valence-electron chi connectivity index (χ1n) is 6.62. The zero-order chi connectivity index (χ0) is 15.2. The van der Waals surface area contributed by atoms with Crippen molar-refractivity contribution in [3.05, 3.63) is 29.6 Å². The summed E-state index contributed by atoms with van der Waals surface area (Å²) in [6, 6.07) is 4.24. The van der Waals surface area contributed by atoms with E-state index in [1.807, 2.05) is 6.92 Å². The van der Waals surface area contributed by atoms with Gasteiger partial charge in [0.1, 0.15) is 21.4 Å². The van der Waals surface area contributed by atoms with Gasteiger partial charge in [-0.3, -0.25) is 0 Å². The summed E-state index contributed by atoms with van der Waals surface area (Å²) in [7, 11) is -1.61. The zero-order valence-electron chi connectivity index (χ0n) is 12.1. The number of hydrogen-bond acceptors (Lipinski definition) is 4. The third-order valence-corrected chi connectivity index (χ3v) is 3.98. The minimum absolute atomic E-state index is 0.00582. The highest BCUT2D eigenvalue weighted by molar-refractivity contribution is 7.90. The van der Waals surface area contributed by atoms with Gasteiger partial charge in [-0.25, -0.2) is 12.8 Å². The van der Waals surface area contributed by atoms with Gasteiger partial charge in [0.15, 0.2) is 0 Å². The molecule has 20 heavy (non-hydrogen) atoms. The first kappa shape index (κ1) is 16.9. The third kappa shape index (κ3) is 5.09. The lowest BCUT2D eigenvalue weighted by atomic mass is 10.0. The largest absolute Gasteiger partial charge is 0.496 e. The smallest absolute Gasteiger partial charge is 0.147 e. The van der Waals surface area contributed by atoms with Gasteiger partial charge in [-0.1, -0.05) is 13.0 Å². The van der Waals surface area contributed by atoms with Gasteiger partial charge in [0.05, 0.1) is 12.9 Å². The molecule has 0 saturated heterocycles. The molecule has 0 aliphatic rings. The van der Waals surface area contributed by atoms with Crippen molar-refractivity contribution >= 4 is 9.84 Å². The fourth-order valence-corrected chi connectivity index (χ4v) is 2.70. The molecule has 0 aliphatic heterocycles. The lowest BCUT2D eigenvalue weighted by molar-refractivity contribution is 0.387. The Hall–Kier alpha value is -1.14. The van der Waals surface area contributed by atoms with E-state index in [9.17, 15) is 12.8 Å². The fraction of sp³-hybridized carbons (Fsp3) is 0.571. The summed E-state index contributed by atoms with van der Waals surface area (Å²) in [4.78, 5) is 0. The van der Waals surface area contributed by atoms with Gasteiger partial charge in [-0.15, -0.1) is 0 Å². The highest BCUT2D eigenvalue weighted by Crippen LogP contribution is 2.30. The molecule has 1 rings (SSSR count). The van der Waals surface area contributed by atoms with Crippen LogP contribution in [0, 0.1) is 5.82 Å². The molecule has 0 amide bonds. The number of halogens is 1. The van der Waals surface area contributed by atoms with Crippen LogP contribution in [0.1, 0.15) is 31.4 Å². The molecule has 114 valence electrons. The maximum atomic E-state index is 14.1. The Morgan fingerprint density at radius 1 is 1.40 bits per heavy atom. The molecule has 1 aromatic rings. The lowest BCUT2D eigenvalue weighted by Crippen LogP contribution is -2.25. The zero-order valence-corrected chi connectivity index (χ0v) is 13.0. The number of methoxy groups -OCH3 is 1. The van der Waals surface area contributed by atoms with Crippen LogP contribution in [0.5, 0.6) is 5.75 Å². The molecule has 6 heteroatoms. The Morgan fingerprint density at radius 3 is 2.65 bits per heavy atom. The van der Waals surface area contributed by atoms with E-state index in [0.29, 0.717) is 24.3 Å². The summed E-state index contributed by atoms with van der Waals surface area (Å²) in [5.74, 6) is 0.0600. The first-order valence-corrected chi connectivity index (χ1v) is 8.68. The Labute approximate surface area is 120 Å². The molecule has 0 aromatic heterocycles. The molecule has 0 radical (unpaired) electrons. The SMILES string of the molecule is CCCNC(CCS(C)(=O)=O)c1c(F)cccc1OC. The van der Waals surface area contributed by atoms with Crippen molar-refractivity contribution in [2.45, 2.75) is 25.8 Å². The number of benzene rings is 1. The summed E-state index contributed by atoms with van der Waals surface area (Å²) in [6.45, 7) is 2.69. The molecule has 0 spiro atoms. The van der Waals surface area contributed by atoms with Crippen LogP contribution in [0.25, 0.3) is 0 Å². The van der Waals surface area contributed by atoms with Crippen LogP contribution >= 0.6 is 0 Å². The third-order valence-electron chi connectivity index (χ3n) is 3.00. The molecule has 4 nitrogen and oxygen atoms in total. The van der Waals surface area contributed by atoms with Crippen LogP contribution in [0.2, 0.25) is 0 Å². The normalized spacial score (nSPS) is 13.2. The quantitative estimate of drug-likeness (QED) is 0.800. The van der Waals surface area contributed by atoms with Gasteiger partial charge in [0, 0.05) is 17.9 Å². The Kier molecular flexibility index (Phi) is 6.42. The monoisotopic (exact) mass is 303 g/mol. The van der Waals surface area contributed by atoms with Crippen molar-refractivity contribution in [2.75, 3.05) is 25.7 Å². The summed E-state index contributed by atoms with van der Waals surface area (Å²) in [6.07, 6.45) is 2.38. The van der Waals surface area contributed by atoms with Crippen LogP contribution in [0.15, 0.2) is 18.2 Å². The highest BCUT2D eigenvalue weighted by Gasteiger charge is 2.21. The van der Waals surface area contributed by atoms with E-state index in [1.165, 1.54) is 19.4 Å². The summed E-state index contributed by atoms with van der Waals surface area (Å²) in [5.41, 5.74) is 0.395. The molecule has 1 N–H and O–H groups in total. The van der Waals surface area contributed by atoms with Crippen molar-refractivity contribution in [1.29, 1.82) is 0 Å². The number of ether oxygens (including phenoxy) is 1. The van der Waals surface area contributed by atoms with Gasteiger partial charge in [0.2, 0.25) is 0 Å². The van der Waals surface area contributed by atoms with Crippen LogP contribution in [-0.2, 0) is 9.84 Å². The van der Waals surface area contributed by atoms with Gasteiger partial charge < -0.3 is 10.1 Å². The van der Waals surface area contributed by atoms with Crippen molar-refractivity contribution in [1.82, 2.24) is 5.32 Å². The molecule has 1 unspecified atom stereocenters. The summed E-state index contributed by atoms with van der Waals surface area (Å²) in [5, 5.41) is 3.19. The van der Waals surface area contributed by atoms with Gasteiger partial charge in [-0.05, 0) is 31.5 Å². The molecule has 0 fully saturated rings. The Bertz CT molecular complexity index is 531. The van der Waals surface area contributed by atoms with Gasteiger partial charge in [-0.2, -0.15) is 0 Å². The number of nitrogens with one attached hydrogen (secondary N) is 1. The van der Waals surface area contributed by atoms with E-state index in [4.69, 9.17) is 4.74 Å². The van der Waals surface area contributed by atoms with Crippen molar-refractivity contribution < 1.29 is 17.5 Å². The minimum Gasteiger partial charge on any atom is -0.496 e. The van der Waals surface area contributed by atoms with E-state index >= 15 is 0 Å². The van der Waals surface area contributed by atoms with E-state index in [0.717, 1.165) is 6.42 Å². The molecule has 0 bridgehead atoms. The average molecular weight is 303 g/mol. The molecular formula is C14H22FNO3S. The van der Waals surface area contributed by atoms with Crippen molar-refractivity contribution in [2.24, 2.45) is 0 Å². The maximum Gasteiger partial charge on any atom is 0.147 e. The van der Waals surface area contributed by atoms with Gasteiger partial charge >= 0.3 is 0 Å². The summed E-state index contributed by atoms with van der Waals surface area (Å²) < 4.78 is 41.9. The molecule has 0 heterocycles. The lowest BCUT2D eigenvalue weighted by Gasteiger charge is -2.21. The number of sulfone groups is 1. The molecule has 1 aromatic carbocycles. The average Bonchev–Trinajstić information content (AvgIpc) is 2.38. The van der Waals surface area contributed by atoms with E-state index in [-0.39, 0.29) is 17.6 Å². The van der Waals surface area contributed by atoms with Crippen molar-refractivity contribution in [3.63, 3.8) is 0 Å². The predicted molar refractivity (Wildman–Crippen MR) is 78.3 cm³/mol. The Morgan fingerprint density at radius 2 is 2.10 bits per heavy atom. The summed E-state index contributed by atoms with van der Waals surface area (Å²) >= 11 is 0. The van der Waals surface area contributed by atoms with Crippen LogP contribution in [-0.4, -0.2) is 34.1 Å². The maximum absolute atomic E-state index is 14.1. The second kappa shape index (κ2) is 7.59. The van der Waals surface area contributed by atoms with E-state index in [2.05, 4.69) is 5.32 Å². The van der Waals surface area contributed by atoms with Crippen LogP contribution < -0.4 is 10.1 Å². The molecule has 0 saturated carbocycles. The molecule has 1 atom stereocenters. The number of hydrogen-bond donors (Lipinski definition) is 1. The molecule has 0 aliphatic carbocycles. The first-order chi connectivity index (χ1) is 9.39. The van der Waals surface area contributed by atoms with Gasteiger partial charge in [0.25, 0.3) is 0 Å². The standard InChI is InChI=1S/C14H22FNO3S/c1-4-9-16-12(8-10-20(3,17)18)14-11(15)6-5-7-13(14)19-2/h5-7,12,16H,4,8-10H2,1-3H3. The van der Waals surface area contributed by atoms with Crippen LogP contribution in [0.4, 0.5) is 4.39 Å². The number of rotatable bonds is 8. The highest BCUT2D eigenvalue weighted by atomic mass is 32.2. The minimum atomic E-state index is -3.09. The molecular weight excluding hydrogens is 281 g/mol. The van der Waals surface area contributed by atoms with E-state index < -0.39 is 9.84 Å². The van der Waals surface area contributed by atoms with Crippen molar-refractivity contribution in [3.8, 4) is 5.75 Å². The van der Waals surface area contributed by atoms with E-state index in [1.54, 1.807) is 12.1 Å².